The molecule has 1 N–H and O–H groups in total. The van der Waals surface area contributed by atoms with E-state index >= 15 is 0 Å². The van der Waals surface area contributed by atoms with Crippen LogP contribution < -0.4 is 5.32 Å². The van der Waals surface area contributed by atoms with Gasteiger partial charge in [-0.1, -0.05) is 24.3 Å². The quantitative estimate of drug-likeness (QED) is 0.799. The van der Waals surface area contributed by atoms with Gasteiger partial charge in [-0.15, -0.1) is 0 Å². The number of amides is 1. The molecule has 86 valence electrons. The van der Waals surface area contributed by atoms with Crippen LogP contribution in [0, 0.1) is 0 Å². The summed E-state index contributed by atoms with van der Waals surface area (Å²) in [5, 5.41) is 3.88. The minimum Gasteiger partial charge on any atom is -0.320 e. The van der Waals surface area contributed by atoms with Gasteiger partial charge in [0.15, 0.2) is 0 Å². The third-order valence-electron chi connectivity index (χ3n) is 2.67. The molecule has 3 heteroatoms. The van der Waals surface area contributed by atoms with Crippen LogP contribution in [0.4, 0.5) is 5.69 Å². The maximum Gasteiger partial charge on any atom is 0.251 e. The Bertz CT molecular complexity index is 582. The van der Waals surface area contributed by atoms with Gasteiger partial charge in [0.1, 0.15) is 0 Å². The van der Waals surface area contributed by atoms with Gasteiger partial charge in [0.05, 0.1) is 11.2 Å². The van der Waals surface area contributed by atoms with Crippen LogP contribution >= 0.6 is 0 Å². The molecule has 1 heterocycles. The van der Waals surface area contributed by atoms with Crippen molar-refractivity contribution in [2.75, 3.05) is 5.32 Å². The van der Waals surface area contributed by atoms with Crippen molar-refractivity contribution in [1.82, 2.24) is 4.98 Å². The molecular weight excluding hydrogens is 212 g/mol. The fourth-order valence-electron chi connectivity index (χ4n) is 1.56. The molecule has 0 aliphatic carbocycles. The van der Waals surface area contributed by atoms with Gasteiger partial charge < -0.3 is 5.32 Å². The Hall–Kier alpha value is -2.16. The molecule has 0 aliphatic rings. The highest BCUT2D eigenvalue weighted by Gasteiger charge is 2.06. The van der Waals surface area contributed by atoms with Gasteiger partial charge in [0, 0.05) is 17.2 Å². The Morgan fingerprint density at radius 3 is 2.82 bits per heavy atom. The SMILES string of the molecule is C/C=C(/C)C(=O)Nc1cccc2cccnc12. The fourth-order valence-corrected chi connectivity index (χ4v) is 1.56. The van der Waals surface area contributed by atoms with E-state index in [0.717, 1.165) is 16.6 Å². The molecule has 0 bridgehead atoms. The van der Waals surface area contributed by atoms with Gasteiger partial charge in [-0.05, 0) is 26.0 Å². The standard InChI is InChI=1S/C14H14N2O/c1-3-10(2)14(17)16-12-8-4-6-11-7-5-9-15-13(11)12/h3-9H,1-2H3,(H,16,17)/b10-3-. The van der Waals surface area contributed by atoms with E-state index < -0.39 is 0 Å². The third-order valence-corrected chi connectivity index (χ3v) is 2.67. The second-order valence-electron chi connectivity index (χ2n) is 3.81. The van der Waals surface area contributed by atoms with Crippen LogP contribution in [0.2, 0.25) is 0 Å². The first kappa shape index (κ1) is 11.3. The summed E-state index contributed by atoms with van der Waals surface area (Å²) in [5.74, 6) is -0.0920. The van der Waals surface area contributed by atoms with Crippen molar-refractivity contribution in [2.24, 2.45) is 0 Å². The Balaban J connectivity index is 2.40. The summed E-state index contributed by atoms with van der Waals surface area (Å²) >= 11 is 0. The fraction of sp³-hybridized carbons (Fsp3) is 0.143. The van der Waals surface area contributed by atoms with E-state index in [1.165, 1.54) is 0 Å². The Kier molecular flexibility index (Phi) is 3.19. The number of carbonyl (C=O) groups excluding carboxylic acids is 1. The van der Waals surface area contributed by atoms with Gasteiger partial charge in [0.2, 0.25) is 0 Å². The highest BCUT2D eigenvalue weighted by molar-refractivity contribution is 6.07. The van der Waals surface area contributed by atoms with Gasteiger partial charge in [0.25, 0.3) is 5.91 Å². The molecule has 2 rings (SSSR count). The normalized spacial score (nSPS) is 11.5. The molecular formula is C14H14N2O. The predicted molar refractivity (Wildman–Crippen MR) is 69.8 cm³/mol. The number of aromatic nitrogens is 1. The summed E-state index contributed by atoms with van der Waals surface area (Å²) < 4.78 is 0. The van der Waals surface area contributed by atoms with Crippen molar-refractivity contribution in [1.29, 1.82) is 0 Å². The van der Waals surface area contributed by atoms with Crippen LogP contribution in [0.25, 0.3) is 10.9 Å². The lowest BCUT2D eigenvalue weighted by atomic mass is 10.2. The molecule has 0 atom stereocenters. The smallest absolute Gasteiger partial charge is 0.251 e. The Morgan fingerprint density at radius 1 is 1.29 bits per heavy atom. The number of allylic oxidation sites excluding steroid dienone is 1. The first-order valence-corrected chi connectivity index (χ1v) is 5.50. The van der Waals surface area contributed by atoms with Crippen LogP contribution in [-0.2, 0) is 4.79 Å². The van der Waals surface area contributed by atoms with Crippen LogP contribution in [0.5, 0.6) is 0 Å². The first-order valence-electron chi connectivity index (χ1n) is 5.50. The number of benzene rings is 1. The lowest BCUT2D eigenvalue weighted by molar-refractivity contribution is -0.112. The molecule has 0 fully saturated rings. The van der Waals surface area contributed by atoms with Gasteiger partial charge in [-0.25, -0.2) is 0 Å². The van der Waals surface area contributed by atoms with Gasteiger partial charge in [-0.3, -0.25) is 9.78 Å². The predicted octanol–water partition coefficient (Wildman–Crippen LogP) is 3.14. The largest absolute Gasteiger partial charge is 0.320 e. The lowest BCUT2D eigenvalue weighted by Gasteiger charge is -2.07. The van der Waals surface area contributed by atoms with E-state index in [-0.39, 0.29) is 5.91 Å². The minimum atomic E-state index is -0.0920. The summed E-state index contributed by atoms with van der Waals surface area (Å²) in [6.07, 6.45) is 3.51. The summed E-state index contributed by atoms with van der Waals surface area (Å²) in [6, 6.07) is 9.59. The topological polar surface area (TPSA) is 42.0 Å². The zero-order valence-corrected chi connectivity index (χ0v) is 9.90. The highest BCUT2D eigenvalue weighted by atomic mass is 16.1. The lowest BCUT2D eigenvalue weighted by Crippen LogP contribution is -2.12. The highest BCUT2D eigenvalue weighted by Crippen LogP contribution is 2.20. The maximum atomic E-state index is 11.8. The monoisotopic (exact) mass is 226 g/mol. The molecule has 0 saturated carbocycles. The molecule has 0 saturated heterocycles. The van der Waals surface area contributed by atoms with E-state index in [1.807, 2.05) is 37.3 Å². The summed E-state index contributed by atoms with van der Waals surface area (Å²) in [5.41, 5.74) is 2.25. The van der Waals surface area contributed by atoms with E-state index in [2.05, 4.69) is 10.3 Å². The number of para-hydroxylation sites is 1. The summed E-state index contributed by atoms with van der Waals surface area (Å²) in [4.78, 5) is 16.1. The van der Waals surface area contributed by atoms with Crippen LogP contribution in [-0.4, -0.2) is 10.9 Å². The van der Waals surface area contributed by atoms with Crippen molar-refractivity contribution in [3.05, 3.63) is 48.2 Å². The zero-order chi connectivity index (χ0) is 12.3. The third kappa shape index (κ3) is 2.33. The second-order valence-corrected chi connectivity index (χ2v) is 3.81. The first-order chi connectivity index (χ1) is 8.22. The van der Waals surface area contributed by atoms with Gasteiger partial charge >= 0.3 is 0 Å². The van der Waals surface area contributed by atoms with Crippen molar-refractivity contribution in [3.8, 4) is 0 Å². The Labute approximate surface area is 100 Å². The summed E-state index contributed by atoms with van der Waals surface area (Å²) in [7, 11) is 0. The molecule has 3 nitrogen and oxygen atoms in total. The molecule has 0 aliphatic heterocycles. The minimum absolute atomic E-state index is 0.0920. The number of rotatable bonds is 2. The van der Waals surface area contributed by atoms with Crippen molar-refractivity contribution in [3.63, 3.8) is 0 Å². The van der Waals surface area contributed by atoms with E-state index in [0.29, 0.717) is 5.57 Å². The number of nitrogens with zero attached hydrogens (tertiary/aromatic N) is 1. The number of pyridine rings is 1. The molecule has 0 spiro atoms. The number of hydrogen-bond acceptors (Lipinski definition) is 2. The van der Waals surface area contributed by atoms with Crippen LogP contribution in [0.1, 0.15) is 13.8 Å². The van der Waals surface area contributed by atoms with Gasteiger partial charge in [-0.2, -0.15) is 0 Å². The zero-order valence-electron chi connectivity index (χ0n) is 9.90. The van der Waals surface area contributed by atoms with E-state index in [4.69, 9.17) is 0 Å². The Morgan fingerprint density at radius 2 is 2.06 bits per heavy atom. The average molecular weight is 226 g/mol. The molecule has 0 radical (unpaired) electrons. The number of nitrogens with one attached hydrogen (secondary N) is 1. The van der Waals surface area contributed by atoms with E-state index in [1.54, 1.807) is 19.2 Å². The number of carbonyl (C=O) groups is 1. The number of anilines is 1. The molecule has 0 unspecified atom stereocenters. The van der Waals surface area contributed by atoms with Crippen LogP contribution in [0.15, 0.2) is 48.2 Å². The molecule has 17 heavy (non-hydrogen) atoms. The average Bonchev–Trinajstić information content (AvgIpc) is 2.38. The maximum absolute atomic E-state index is 11.8. The molecule has 1 amide bonds. The second kappa shape index (κ2) is 4.78. The molecule has 2 aromatic rings. The van der Waals surface area contributed by atoms with Crippen molar-refractivity contribution < 1.29 is 4.79 Å². The van der Waals surface area contributed by atoms with Crippen molar-refractivity contribution >= 4 is 22.5 Å². The van der Waals surface area contributed by atoms with Crippen molar-refractivity contribution in [2.45, 2.75) is 13.8 Å². The molecule has 1 aromatic carbocycles. The molecule has 1 aromatic heterocycles. The number of fused-ring (bicyclic) bond motifs is 1. The number of hydrogen-bond donors (Lipinski definition) is 1. The van der Waals surface area contributed by atoms with E-state index in [9.17, 15) is 4.79 Å². The summed E-state index contributed by atoms with van der Waals surface area (Å²) in [6.45, 7) is 3.63. The van der Waals surface area contributed by atoms with Crippen LogP contribution in [0.3, 0.4) is 0 Å².